The van der Waals surface area contributed by atoms with Gasteiger partial charge in [0.2, 0.25) is 0 Å². The quantitative estimate of drug-likeness (QED) is 0.608. The van der Waals surface area contributed by atoms with Crippen molar-refractivity contribution in [2.45, 2.75) is 5.25 Å². The van der Waals surface area contributed by atoms with Gasteiger partial charge in [0.05, 0.1) is 5.25 Å². The monoisotopic (exact) mass is 414 g/mol. The van der Waals surface area contributed by atoms with Gasteiger partial charge in [0.15, 0.2) is 0 Å². The van der Waals surface area contributed by atoms with Crippen LogP contribution >= 0.6 is 56.9 Å². The van der Waals surface area contributed by atoms with E-state index >= 15 is 0 Å². The minimum Gasteiger partial charge on any atom is -0.143 e. The fraction of sp³-hybridized carbons (Fsp3) is 0.200. The minimum absolute atomic E-state index is 0.591. The summed E-state index contributed by atoms with van der Waals surface area (Å²) in [6, 6.07) is 10.7. The Kier molecular flexibility index (Phi) is 3.58. The maximum atomic E-state index is 2.47. The summed E-state index contributed by atoms with van der Waals surface area (Å²) in [5.41, 5.74) is 1.43. The van der Waals surface area contributed by atoms with Crippen molar-refractivity contribution in [1.29, 1.82) is 0 Å². The topological polar surface area (TPSA) is 0 Å². The van der Waals surface area contributed by atoms with Crippen molar-refractivity contribution in [2.75, 3.05) is 5.75 Å². The summed E-state index contributed by atoms with van der Waals surface area (Å²) in [7, 11) is 0. The highest BCUT2D eigenvalue weighted by Gasteiger charge is 2.23. The van der Waals surface area contributed by atoms with Crippen molar-refractivity contribution in [3.63, 3.8) is 0 Å². The van der Waals surface area contributed by atoms with Gasteiger partial charge >= 0.3 is 0 Å². The molecule has 1 aromatic rings. The van der Waals surface area contributed by atoms with Gasteiger partial charge in [-0.2, -0.15) is 0 Å². The fourth-order valence-electron chi connectivity index (χ4n) is 1.31. The molecule has 0 fully saturated rings. The van der Waals surface area contributed by atoms with Gasteiger partial charge in [-0.3, -0.25) is 0 Å². The maximum absolute atomic E-state index is 2.47. The van der Waals surface area contributed by atoms with Crippen LogP contribution < -0.4 is 0 Å². The Labute approximate surface area is 110 Å². The highest BCUT2D eigenvalue weighted by molar-refractivity contribution is 14.1. The zero-order chi connectivity index (χ0) is 9.26. The van der Waals surface area contributed by atoms with Gasteiger partial charge in [-0.05, 0) is 50.7 Å². The van der Waals surface area contributed by atoms with E-state index < -0.39 is 0 Å². The van der Waals surface area contributed by atoms with Crippen molar-refractivity contribution in [3.8, 4) is 0 Å². The molecule has 1 atom stereocenters. The van der Waals surface area contributed by atoms with Crippen LogP contribution in [0.3, 0.4) is 0 Å². The minimum atomic E-state index is 0.591. The van der Waals surface area contributed by atoms with Gasteiger partial charge in [0, 0.05) is 12.9 Å². The van der Waals surface area contributed by atoms with Gasteiger partial charge in [-0.25, -0.2) is 0 Å². The Morgan fingerprint density at radius 1 is 1.15 bits per heavy atom. The van der Waals surface area contributed by atoms with E-state index in [0.29, 0.717) is 5.25 Å². The molecule has 1 unspecified atom stereocenters. The highest BCUT2D eigenvalue weighted by Crippen LogP contribution is 2.49. The first-order valence-electron chi connectivity index (χ1n) is 3.99. The zero-order valence-electron chi connectivity index (χ0n) is 6.84. The molecule has 0 radical (unpaired) electrons. The lowest BCUT2D eigenvalue weighted by atomic mass is 10.1. The van der Waals surface area contributed by atoms with E-state index in [-0.39, 0.29) is 0 Å². The van der Waals surface area contributed by atoms with E-state index in [1.807, 2.05) is 11.8 Å². The average Bonchev–Trinajstić information content (AvgIpc) is 2.49. The standard InChI is InChI=1S/C10H8I2S/c11-8-6-13-10(9(8)12)7-4-2-1-3-5-7/h1-5,10H,6H2. The summed E-state index contributed by atoms with van der Waals surface area (Å²) >= 11 is 6.95. The van der Waals surface area contributed by atoms with E-state index in [9.17, 15) is 0 Å². The van der Waals surface area contributed by atoms with Gasteiger partial charge in [-0.1, -0.05) is 30.3 Å². The van der Waals surface area contributed by atoms with Crippen LogP contribution in [0, 0.1) is 0 Å². The molecule has 0 N–H and O–H groups in total. The van der Waals surface area contributed by atoms with Crippen LogP contribution in [-0.2, 0) is 0 Å². The average molecular weight is 414 g/mol. The van der Waals surface area contributed by atoms with E-state index in [2.05, 4.69) is 75.5 Å². The second-order valence-electron chi connectivity index (χ2n) is 2.85. The van der Waals surface area contributed by atoms with Crippen LogP contribution in [0.2, 0.25) is 0 Å². The molecule has 68 valence electrons. The first-order chi connectivity index (χ1) is 6.29. The molecular weight excluding hydrogens is 406 g/mol. The first-order valence-corrected chi connectivity index (χ1v) is 7.20. The summed E-state index contributed by atoms with van der Waals surface area (Å²) in [4.78, 5) is 0. The SMILES string of the molecule is IC1=C(I)C(c2ccccc2)SC1. The Bertz CT molecular complexity index is 332. The van der Waals surface area contributed by atoms with Crippen molar-refractivity contribution in [1.82, 2.24) is 0 Å². The van der Waals surface area contributed by atoms with Crippen molar-refractivity contribution >= 4 is 56.9 Å². The number of hydrogen-bond donors (Lipinski definition) is 0. The van der Waals surface area contributed by atoms with Crippen LogP contribution in [0.4, 0.5) is 0 Å². The predicted molar refractivity (Wildman–Crippen MR) is 76.7 cm³/mol. The number of hydrogen-bond acceptors (Lipinski definition) is 1. The van der Waals surface area contributed by atoms with Gasteiger partial charge < -0.3 is 0 Å². The second kappa shape index (κ2) is 4.53. The predicted octanol–water partition coefficient (Wildman–Crippen LogP) is 4.56. The normalized spacial score (nSPS) is 22.5. The Hall–Kier alpha value is 0.770. The Balaban J connectivity index is 2.30. The molecule has 1 aliphatic heterocycles. The molecule has 0 saturated carbocycles. The molecule has 1 aromatic carbocycles. The van der Waals surface area contributed by atoms with Crippen LogP contribution in [0.15, 0.2) is 37.5 Å². The number of halogens is 2. The Morgan fingerprint density at radius 2 is 1.85 bits per heavy atom. The van der Waals surface area contributed by atoms with Crippen molar-refractivity contribution in [3.05, 3.63) is 43.1 Å². The van der Waals surface area contributed by atoms with Gasteiger partial charge in [0.25, 0.3) is 0 Å². The molecule has 1 heterocycles. The highest BCUT2D eigenvalue weighted by atomic mass is 127. The summed E-state index contributed by atoms with van der Waals surface area (Å²) < 4.78 is 3.02. The number of thioether (sulfide) groups is 1. The van der Waals surface area contributed by atoms with Gasteiger partial charge in [-0.15, -0.1) is 11.8 Å². The molecule has 2 rings (SSSR count). The van der Waals surface area contributed by atoms with E-state index in [1.165, 1.54) is 18.5 Å². The lowest BCUT2D eigenvalue weighted by Gasteiger charge is -2.09. The zero-order valence-corrected chi connectivity index (χ0v) is 12.0. The lowest BCUT2D eigenvalue weighted by molar-refractivity contribution is 1.24. The Morgan fingerprint density at radius 3 is 2.38 bits per heavy atom. The summed E-state index contributed by atoms with van der Waals surface area (Å²) in [5.74, 6) is 1.18. The van der Waals surface area contributed by atoms with E-state index in [0.717, 1.165) is 0 Å². The second-order valence-corrected chi connectivity index (χ2v) is 6.41. The van der Waals surface area contributed by atoms with Crippen molar-refractivity contribution < 1.29 is 0 Å². The van der Waals surface area contributed by atoms with Gasteiger partial charge in [0.1, 0.15) is 0 Å². The molecule has 1 aliphatic rings. The maximum Gasteiger partial charge on any atom is 0.0615 e. The van der Waals surface area contributed by atoms with E-state index in [1.54, 1.807) is 0 Å². The summed E-state index contributed by atoms with van der Waals surface area (Å²) in [6.07, 6.45) is 0. The molecule has 0 saturated heterocycles. The molecule has 0 spiro atoms. The smallest absolute Gasteiger partial charge is 0.0615 e. The summed E-state index contributed by atoms with van der Waals surface area (Å²) in [5, 5.41) is 0.591. The van der Waals surface area contributed by atoms with Crippen LogP contribution in [-0.4, -0.2) is 5.75 Å². The molecule has 0 amide bonds. The largest absolute Gasteiger partial charge is 0.143 e. The molecule has 3 heteroatoms. The third-order valence-corrected chi connectivity index (χ3v) is 7.47. The van der Waals surface area contributed by atoms with Crippen LogP contribution in [0.5, 0.6) is 0 Å². The number of rotatable bonds is 1. The van der Waals surface area contributed by atoms with E-state index in [4.69, 9.17) is 0 Å². The molecule has 13 heavy (non-hydrogen) atoms. The first kappa shape index (κ1) is 10.3. The van der Waals surface area contributed by atoms with Crippen molar-refractivity contribution in [2.24, 2.45) is 0 Å². The molecule has 0 bridgehead atoms. The molecular formula is C10H8I2S. The molecule has 0 nitrogen and oxygen atoms in total. The number of benzene rings is 1. The fourth-order valence-corrected chi connectivity index (χ4v) is 4.83. The lowest BCUT2D eigenvalue weighted by Crippen LogP contribution is -1.88. The summed E-state index contributed by atoms with van der Waals surface area (Å²) in [6.45, 7) is 0. The molecule has 0 aliphatic carbocycles. The molecule has 0 aromatic heterocycles. The van der Waals surface area contributed by atoms with Crippen LogP contribution in [0.25, 0.3) is 0 Å². The third kappa shape index (κ3) is 2.23. The van der Waals surface area contributed by atoms with Crippen LogP contribution in [0.1, 0.15) is 10.8 Å². The third-order valence-electron chi connectivity index (χ3n) is 1.97.